The quantitative estimate of drug-likeness (QED) is 0.215. The number of pyridine rings is 1. The van der Waals surface area contributed by atoms with Gasteiger partial charge in [0.15, 0.2) is 5.75 Å². The summed E-state index contributed by atoms with van der Waals surface area (Å²) in [7, 11) is 0. The average Bonchev–Trinajstić information content (AvgIpc) is 2.84. The van der Waals surface area contributed by atoms with Crippen molar-refractivity contribution in [3.05, 3.63) is 101 Å². The van der Waals surface area contributed by atoms with Crippen molar-refractivity contribution < 1.29 is 19.4 Å². The van der Waals surface area contributed by atoms with Crippen molar-refractivity contribution in [2.75, 3.05) is 6.61 Å². The third-order valence-electron chi connectivity index (χ3n) is 5.11. The molecular weight excluding hydrogens is 404 g/mol. The highest BCUT2D eigenvalue weighted by atomic mass is 17.2. The zero-order valence-electron chi connectivity index (χ0n) is 17.9. The first kappa shape index (κ1) is 21.3. The van der Waals surface area contributed by atoms with Crippen molar-refractivity contribution in [3.63, 3.8) is 0 Å². The molecule has 0 N–H and O–H groups in total. The number of allylic oxidation sites excluding steroid dienone is 1. The molecule has 162 valence electrons. The largest absolute Gasteiger partial charge is 0.395 e. The Morgan fingerprint density at radius 2 is 1.88 bits per heavy atom. The maximum absolute atomic E-state index is 11.1. The van der Waals surface area contributed by atoms with E-state index in [-0.39, 0.29) is 0 Å². The van der Waals surface area contributed by atoms with Crippen LogP contribution in [-0.2, 0) is 20.9 Å². The highest BCUT2D eigenvalue weighted by Gasteiger charge is 2.18. The second kappa shape index (κ2) is 10.4. The van der Waals surface area contributed by atoms with E-state index in [0.29, 0.717) is 18.8 Å². The van der Waals surface area contributed by atoms with E-state index >= 15 is 0 Å². The van der Waals surface area contributed by atoms with Gasteiger partial charge in [-0.25, -0.2) is 4.79 Å². The van der Waals surface area contributed by atoms with Crippen molar-refractivity contribution in [2.24, 2.45) is 5.16 Å². The Labute approximate surface area is 187 Å². The molecule has 0 aliphatic heterocycles. The molecule has 1 aromatic heterocycles. The van der Waals surface area contributed by atoms with Crippen LogP contribution in [-0.4, -0.2) is 23.3 Å². The van der Waals surface area contributed by atoms with Gasteiger partial charge in [-0.3, -0.25) is 14.8 Å². The number of aromatic nitrogens is 1. The van der Waals surface area contributed by atoms with E-state index in [0.717, 1.165) is 46.4 Å². The second-order valence-electron chi connectivity index (χ2n) is 7.34. The summed E-state index contributed by atoms with van der Waals surface area (Å²) in [4.78, 5) is 31.0. The molecule has 3 aromatic rings. The van der Waals surface area contributed by atoms with Crippen molar-refractivity contribution in [2.45, 2.75) is 26.2 Å². The van der Waals surface area contributed by atoms with Crippen LogP contribution in [0.15, 0.2) is 84.3 Å². The van der Waals surface area contributed by atoms with Crippen molar-refractivity contribution in [1.29, 1.82) is 0 Å². The number of oxime groups is 1. The van der Waals surface area contributed by atoms with Crippen LogP contribution >= 0.6 is 0 Å². The lowest BCUT2D eigenvalue weighted by atomic mass is 9.89. The van der Waals surface area contributed by atoms with Gasteiger partial charge in [0.1, 0.15) is 12.3 Å². The van der Waals surface area contributed by atoms with Gasteiger partial charge in [0, 0.05) is 42.4 Å². The number of hydrogen-bond donors (Lipinski definition) is 0. The topological polar surface area (TPSA) is 70.0 Å². The summed E-state index contributed by atoms with van der Waals surface area (Å²) in [6.45, 7) is 1.74. The van der Waals surface area contributed by atoms with Gasteiger partial charge in [0.05, 0.1) is 0 Å². The Morgan fingerprint density at radius 3 is 2.66 bits per heavy atom. The smallest absolute Gasteiger partial charge is 0.352 e. The normalized spacial score (nSPS) is 13.0. The number of carbonyl (C=O) groups excluding carboxylic acids is 1. The van der Waals surface area contributed by atoms with Crippen LogP contribution in [0.2, 0.25) is 0 Å². The van der Waals surface area contributed by atoms with Gasteiger partial charge < -0.3 is 4.84 Å². The van der Waals surface area contributed by atoms with E-state index in [2.05, 4.69) is 22.3 Å². The van der Waals surface area contributed by atoms with Crippen LogP contribution in [0.5, 0.6) is 5.75 Å². The summed E-state index contributed by atoms with van der Waals surface area (Å²) >= 11 is 0. The monoisotopic (exact) mass is 428 g/mol. The molecule has 0 bridgehead atoms. The Balaban J connectivity index is 1.46. The standard InChI is InChI=1S/C26H24N2O4/c1-19(29)31-32-25-14-6-12-23-20(10-5-13-24(23)25)15-17-30-28-26(21-8-3-2-4-9-21)22-11-7-16-27-18-22/h2-4,6-12,14,16,18H,5,13,15,17H2,1H3/b28-26-. The SMILES string of the molecule is CC(=O)OOc1cccc2c1CCC=C2CCO/N=C(/c1ccccc1)c1cccnc1. The summed E-state index contributed by atoms with van der Waals surface area (Å²) in [5.41, 5.74) is 5.90. The predicted molar refractivity (Wildman–Crippen MR) is 122 cm³/mol. The first-order valence-corrected chi connectivity index (χ1v) is 10.5. The van der Waals surface area contributed by atoms with E-state index in [4.69, 9.17) is 14.6 Å². The molecule has 1 aliphatic rings. The van der Waals surface area contributed by atoms with E-state index in [1.807, 2.05) is 54.6 Å². The molecule has 0 amide bonds. The van der Waals surface area contributed by atoms with E-state index < -0.39 is 5.97 Å². The molecule has 0 radical (unpaired) electrons. The minimum Gasteiger partial charge on any atom is -0.395 e. The highest BCUT2D eigenvalue weighted by Crippen LogP contribution is 2.34. The van der Waals surface area contributed by atoms with Crippen molar-refractivity contribution in [1.82, 2.24) is 4.98 Å². The number of nitrogens with zero attached hydrogens (tertiary/aromatic N) is 2. The molecule has 4 rings (SSSR count). The van der Waals surface area contributed by atoms with Crippen LogP contribution in [0.4, 0.5) is 0 Å². The molecule has 0 saturated carbocycles. The lowest BCUT2D eigenvalue weighted by molar-refractivity contribution is -0.211. The molecule has 2 aromatic carbocycles. The van der Waals surface area contributed by atoms with Crippen molar-refractivity contribution in [3.8, 4) is 5.75 Å². The maximum atomic E-state index is 11.1. The van der Waals surface area contributed by atoms with E-state index in [9.17, 15) is 4.79 Å². The predicted octanol–water partition coefficient (Wildman–Crippen LogP) is 5.13. The minimum atomic E-state index is -0.483. The first-order valence-electron chi connectivity index (χ1n) is 10.5. The van der Waals surface area contributed by atoms with Crippen molar-refractivity contribution >= 4 is 17.3 Å². The van der Waals surface area contributed by atoms with Gasteiger partial charge in [-0.15, -0.1) is 0 Å². The number of carbonyl (C=O) groups is 1. The Morgan fingerprint density at radius 1 is 1.03 bits per heavy atom. The Hall–Kier alpha value is -3.93. The van der Waals surface area contributed by atoms with E-state index in [1.165, 1.54) is 6.92 Å². The van der Waals surface area contributed by atoms with Gasteiger partial charge in [0.2, 0.25) is 0 Å². The zero-order chi connectivity index (χ0) is 22.2. The highest BCUT2D eigenvalue weighted by molar-refractivity contribution is 6.12. The summed E-state index contributed by atoms with van der Waals surface area (Å²) in [6, 6.07) is 19.5. The summed E-state index contributed by atoms with van der Waals surface area (Å²) < 4.78 is 0. The molecule has 6 heteroatoms. The lowest BCUT2D eigenvalue weighted by Crippen LogP contribution is -2.09. The molecule has 0 atom stereocenters. The fourth-order valence-electron chi connectivity index (χ4n) is 3.68. The van der Waals surface area contributed by atoms with Crippen LogP contribution in [0.3, 0.4) is 0 Å². The number of rotatable bonds is 8. The molecule has 1 heterocycles. The third kappa shape index (κ3) is 5.21. The van der Waals surface area contributed by atoms with Crippen LogP contribution in [0, 0.1) is 0 Å². The van der Waals surface area contributed by atoms with Gasteiger partial charge >= 0.3 is 5.97 Å². The molecule has 32 heavy (non-hydrogen) atoms. The minimum absolute atomic E-state index is 0.427. The lowest BCUT2D eigenvalue weighted by Gasteiger charge is -2.19. The molecule has 0 saturated heterocycles. The fraction of sp³-hybridized carbons (Fsp3) is 0.192. The fourth-order valence-corrected chi connectivity index (χ4v) is 3.68. The summed E-state index contributed by atoms with van der Waals surface area (Å²) in [5.74, 6) is 0.0912. The molecule has 0 fully saturated rings. The zero-order valence-corrected chi connectivity index (χ0v) is 17.9. The molecule has 0 spiro atoms. The first-order chi connectivity index (χ1) is 15.7. The Bertz CT molecular complexity index is 1080. The molecule has 6 nitrogen and oxygen atoms in total. The number of fused-ring (bicyclic) bond motifs is 1. The van der Waals surface area contributed by atoms with Crippen LogP contribution < -0.4 is 4.89 Å². The van der Waals surface area contributed by atoms with Gasteiger partial charge in [-0.05, 0) is 42.2 Å². The number of hydrogen-bond acceptors (Lipinski definition) is 6. The number of benzene rings is 2. The van der Waals surface area contributed by atoms with Gasteiger partial charge in [-0.1, -0.05) is 53.7 Å². The third-order valence-corrected chi connectivity index (χ3v) is 5.11. The van der Waals surface area contributed by atoms with Gasteiger partial charge in [-0.2, -0.15) is 0 Å². The van der Waals surface area contributed by atoms with E-state index in [1.54, 1.807) is 12.4 Å². The van der Waals surface area contributed by atoms with Gasteiger partial charge in [0.25, 0.3) is 0 Å². The molecular formula is C26H24N2O4. The Kier molecular flexibility index (Phi) is 6.92. The molecule has 1 aliphatic carbocycles. The summed E-state index contributed by atoms with van der Waals surface area (Å²) in [6.07, 6.45) is 8.14. The second-order valence-corrected chi connectivity index (χ2v) is 7.34. The van der Waals surface area contributed by atoms with Crippen LogP contribution in [0.25, 0.3) is 5.57 Å². The summed E-state index contributed by atoms with van der Waals surface area (Å²) in [5, 5.41) is 4.44. The molecule has 0 unspecified atom stereocenters. The maximum Gasteiger partial charge on any atom is 0.352 e. The average molecular weight is 428 g/mol. The van der Waals surface area contributed by atoms with Crippen LogP contribution in [0.1, 0.15) is 42.0 Å².